The van der Waals surface area contributed by atoms with E-state index in [0.717, 1.165) is 18.0 Å². The van der Waals surface area contributed by atoms with Gasteiger partial charge in [-0.3, -0.25) is 9.78 Å². The average molecular weight is 284 g/mol. The predicted octanol–water partition coefficient (Wildman–Crippen LogP) is 2.02. The minimum atomic E-state index is 0. The number of aromatic nitrogens is 1. The molecule has 5 heteroatoms. The van der Waals surface area contributed by atoms with Gasteiger partial charge in [0.1, 0.15) is 0 Å². The molecule has 1 aromatic heterocycles. The van der Waals surface area contributed by atoms with Gasteiger partial charge in [-0.2, -0.15) is 0 Å². The summed E-state index contributed by atoms with van der Waals surface area (Å²) in [5.41, 5.74) is 1.11. The van der Waals surface area contributed by atoms with Crippen LogP contribution in [0.25, 0.3) is 0 Å². The fourth-order valence-corrected chi connectivity index (χ4v) is 1.91. The number of hydrogen-bond acceptors (Lipinski definition) is 3. The molecule has 1 aliphatic carbocycles. The number of amides is 1. The van der Waals surface area contributed by atoms with Crippen molar-refractivity contribution in [2.45, 2.75) is 25.8 Å². The first kappa shape index (κ1) is 15.9. The number of likely N-dealkylation sites (N-methyl/N-ethyl adjacent to an activating group) is 1. The number of carbonyl (C=O) groups excluding carboxylic acids is 1. The maximum absolute atomic E-state index is 12.0. The van der Waals surface area contributed by atoms with E-state index >= 15 is 0 Å². The smallest absolute Gasteiger partial charge is 0.236 e. The Morgan fingerprint density at radius 1 is 1.47 bits per heavy atom. The summed E-state index contributed by atoms with van der Waals surface area (Å²) < 4.78 is 0. The van der Waals surface area contributed by atoms with Gasteiger partial charge >= 0.3 is 0 Å². The standard InChI is InChI=1S/C14H21N3O.ClH/c1-11(13-5-7-15-8-6-13)17(2)14(18)10-16-9-12-3-4-12;/h5-8,11-12,16H,3-4,9-10H2,1-2H3;1H. The zero-order valence-corrected chi connectivity index (χ0v) is 12.3. The van der Waals surface area contributed by atoms with Crippen LogP contribution in [-0.4, -0.2) is 35.9 Å². The average Bonchev–Trinajstić information content (AvgIpc) is 3.22. The van der Waals surface area contributed by atoms with Gasteiger partial charge in [0.2, 0.25) is 5.91 Å². The second-order valence-electron chi connectivity index (χ2n) is 5.04. The Bertz CT molecular complexity index is 395. The van der Waals surface area contributed by atoms with Gasteiger partial charge in [-0.25, -0.2) is 0 Å². The van der Waals surface area contributed by atoms with Gasteiger partial charge in [-0.05, 0) is 49.9 Å². The number of nitrogens with one attached hydrogen (secondary N) is 1. The van der Waals surface area contributed by atoms with Gasteiger partial charge in [0.05, 0.1) is 12.6 Å². The third-order valence-corrected chi connectivity index (χ3v) is 3.57. The van der Waals surface area contributed by atoms with E-state index in [0.29, 0.717) is 6.54 Å². The Morgan fingerprint density at radius 3 is 2.68 bits per heavy atom. The molecule has 19 heavy (non-hydrogen) atoms. The molecule has 1 saturated carbocycles. The lowest BCUT2D eigenvalue weighted by atomic mass is 10.1. The van der Waals surface area contributed by atoms with Crippen molar-refractivity contribution in [2.24, 2.45) is 5.92 Å². The number of carbonyl (C=O) groups is 1. The summed E-state index contributed by atoms with van der Waals surface area (Å²) in [6, 6.07) is 3.99. The molecule has 1 amide bonds. The van der Waals surface area contributed by atoms with E-state index in [1.54, 1.807) is 17.3 Å². The lowest BCUT2D eigenvalue weighted by Crippen LogP contribution is -2.37. The van der Waals surface area contributed by atoms with E-state index in [2.05, 4.69) is 10.3 Å². The molecule has 0 radical (unpaired) electrons. The van der Waals surface area contributed by atoms with Crippen molar-refractivity contribution >= 4 is 18.3 Å². The molecule has 106 valence electrons. The highest BCUT2D eigenvalue weighted by Gasteiger charge is 2.22. The van der Waals surface area contributed by atoms with Crippen molar-refractivity contribution in [3.8, 4) is 0 Å². The number of nitrogens with zero attached hydrogens (tertiary/aromatic N) is 2. The first-order valence-electron chi connectivity index (χ1n) is 6.54. The van der Waals surface area contributed by atoms with E-state index in [4.69, 9.17) is 0 Å². The topological polar surface area (TPSA) is 45.2 Å². The van der Waals surface area contributed by atoms with E-state index in [-0.39, 0.29) is 24.4 Å². The van der Waals surface area contributed by atoms with E-state index < -0.39 is 0 Å². The van der Waals surface area contributed by atoms with Gasteiger partial charge in [-0.15, -0.1) is 12.4 Å². The molecule has 1 atom stereocenters. The predicted molar refractivity (Wildman–Crippen MR) is 78.3 cm³/mol. The van der Waals surface area contributed by atoms with Gasteiger partial charge in [-0.1, -0.05) is 0 Å². The first-order chi connectivity index (χ1) is 8.68. The van der Waals surface area contributed by atoms with Gasteiger partial charge in [0.25, 0.3) is 0 Å². The molecule has 0 saturated heterocycles. The molecule has 2 rings (SSSR count). The Morgan fingerprint density at radius 2 is 2.11 bits per heavy atom. The molecule has 4 nitrogen and oxygen atoms in total. The second-order valence-corrected chi connectivity index (χ2v) is 5.04. The van der Waals surface area contributed by atoms with E-state index in [1.165, 1.54) is 12.8 Å². The molecular weight excluding hydrogens is 262 g/mol. The van der Waals surface area contributed by atoms with Crippen molar-refractivity contribution < 1.29 is 4.79 Å². The van der Waals surface area contributed by atoms with Crippen molar-refractivity contribution in [3.63, 3.8) is 0 Å². The highest BCUT2D eigenvalue weighted by atomic mass is 35.5. The molecule has 1 aliphatic rings. The molecular formula is C14H22ClN3O. The molecule has 1 unspecified atom stereocenters. The lowest BCUT2D eigenvalue weighted by Gasteiger charge is -2.25. The van der Waals surface area contributed by atoms with Crippen LogP contribution in [0, 0.1) is 5.92 Å². The minimum absolute atomic E-state index is 0. The zero-order valence-electron chi connectivity index (χ0n) is 11.5. The van der Waals surface area contributed by atoms with Crippen molar-refractivity contribution in [1.29, 1.82) is 0 Å². The highest BCUT2D eigenvalue weighted by Crippen LogP contribution is 2.27. The van der Waals surface area contributed by atoms with Gasteiger partial charge in [0, 0.05) is 19.4 Å². The van der Waals surface area contributed by atoms with Crippen LogP contribution in [0.3, 0.4) is 0 Å². The summed E-state index contributed by atoms with van der Waals surface area (Å²) in [5, 5.41) is 3.23. The van der Waals surface area contributed by atoms with Crippen LogP contribution in [-0.2, 0) is 4.79 Å². The normalized spacial score (nSPS) is 15.5. The fourth-order valence-electron chi connectivity index (χ4n) is 1.91. The van der Waals surface area contributed by atoms with Crippen molar-refractivity contribution in [3.05, 3.63) is 30.1 Å². The lowest BCUT2D eigenvalue weighted by molar-refractivity contribution is -0.130. The summed E-state index contributed by atoms with van der Waals surface area (Å²) in [6.45, 7) is 3.44. The molecule has 0 aromatic carbocycles. The molecule has 0 spiro atoms. The van der Waals surface area contributed by atoms with Crippen LogP contribution < -0.4 is 5.32 Å². The summed E-state index contributed by atoms with van der Waals surface area (Å²) >= 11 is 0. The van der Waals surface area contributed by atoms with Crippen LogP contribution in [0.15, 0.2) is 24.5 Å². The summed E-state index contributed by atoms with van der Waals surface area (Å²) in [5.74, 6) is 0.945. The third kappa shape index (κ3) is 4.80. The van der Waals surface area contributed by atoms with Crippen LogP contribution in [0.4, 0.5) is 0 Å². The first-order valence-corrected chi connectivity index (χ1v) is 6.54. The van der Waals surface area contributed by atoms with Crippen LogP contribution in [0.1, 0.15) is 31.4 Å². The van der Waals surface area contributed by atoms with E-state index in [9.17, 15) is 4.79 Å². The zero-order chi connectivity index (χ0) is 13.0. The fraction of sp³-hybridized carbons (Fsp3) is 0.571. The monoisotopic (exact) mass is 283 g/mol. The Hall–Kier alpha value is -1.13. The molecule has 0 bridgehead atoms. The SMILES string of the molecule is CC(c1ccncc1)N(C)C(=O)CNCC1CC1.Cl. The molecule has 1 heterocycles. The van der Waals surface area contributed by atoms with E-state index in [1.807, 2.05) is 26.1 Å². The van der Waals surface area contributed by atoms with Crippen molar-refractivity contribution in [1.82, 2.24) is 15.2 Å². The van der Waals surface area contributed by atoms with Gasteiger partial charge in [0.15, 0.2) is 0 Å². The Balaban J connectivity index is 0.00000180. The summed E-state index contributed by atoms with van der Waals surface area (Å²) in [4.78, 5) is 17.8. The highest BCUT2D eigenvalue weighted by molar-refractivity contribution is 5.85. The second kappa shape index (κ2) is 7.46. The van der Waals surface area contributed by atoms with Gasteiger partial charge < -0.3 is 10.2 Å². The van der Waals surface area contributed by atoms with Crippen LogP contribution >= 0.6 is 12.4 Å². The summed E-state index contributed by atoms with van der Waals surface area (Å²) in [7, 11) is 1.85. The molecule has 1 N–H and O–H groups in total. The van der Waals surface area contributed by atoms with Crippen molar-refractivity contribution in [2.75, 3.05) is 20.1 Å². The number of rotatable bonds is 6. The third-order valence-electron chi connectivity index (χ3n) is 3.57. The number of pyridine rings is 1. The Labute approximate surface area is 121 Å². The minimum Gasteiger partial charge on any atom is -0.338 e. The maximum atomic E-state index is 12.0. The number of hydrogen-bond donors (Lipinski definition) is 1. The van der Waals surface area contributed by atoms with Crippen LogP contribution in [0.2, 0.25) is 0 Å². The summed E-state index contributed by atoms with van der Waals surface area (Å²) in [6.07, 6.45) is 6.14. The quantitative estimate of drug-likeness (QED) is 0.869. The Kier molecular flexibility index (Phi) is 6.25. The molecule has 1 fully saturated rings. The van der Waals surface area contributed by atoms with Crippen LogP contribution in [0.5, 0.6) is 0 Å². The molecule has 1 aromatic rings. The molecule has 0 aliphatic heterocycles. The maximum Gasteiger partial charge on any atom is 0.236 e. The largest absolute Gasteiger partial charge is 0.338 e. The number of halogens is 1.